The van der Waals surface area contributed by atoms with Gasteiger partial charge in [0, 0.05) is 12.1 Å². The van der Waals surface area contributed by atoms with E-state index in [2.05, 4.69) is 31.1 Å². The molecule has 0 saturated heterocycles. The molecule has 0 aromatic carbocycles. The lowest BCUT2D eigenvalue weighted by atomic mass is 10.4. The summed E-state index contributed by atoms with van der Waals surface area (Å²) in [5.41, 5.74) is 0. The van der Waals surface area contributed by atoms with Gasteiger partial charge in [0.2, 0.25) is 10.0 Å². The first kappa shape index (κ1) is 16.2. The van der Waals surface area contributed by atoms with Crippen molar-refractivity contribution in [2.24, 2.45) is 0 Å². The van der Waals surface area contributed by atoms with Crippen molar-refractivity contribution in [3.8, 4) is 0 Å². The third-order valence-corrected chi connectivity index (χ3v) is 4.91. The van der Waals surface area contributed by atoms with Crippen LogP contribution in [0.1, 0.15) is 24.9 Å². The number of aromatic nitrogens is 1. The molecule has 0 unspecified atom stereocenters. The Bertz CT molecular complexity index is 667. The molecule has 7 nitrogen and oxygen atoms in total. The monoisotopic (exact) mass is 377 g/mol. The van der Waals surface area contributed by atoms with Crippen LogP contribution in [0, 0.1) is 0 Å². The number of halogens is 1. The van der Waals surface area contributed by atoms with Crippen molar-refractivity contribution < 1.29 is 17.4 Å². The lowest BCUT2D eigenvalue weighted by molar-refractivity contribution is 0.380. The van der Waals surface area contributed by atoms with Gasteiger partial charge in [0.15, 0.2) is 10.4 Å². The van der Waals surface area contributed by atoms with E-state index in [1.807, 2.05) is 6.92 Å². The molecule has 21 heavy (non-hydrogen) atoms. The number of sulfonamides is 1. The zero-order valence-electron chi connectivity index (χ0n) is 11.4. The average Bonchev–Trinajstić information content (AvgIpc) is 3.07. The number of furan rings is 1. The van der Waals surface area contributed by atoms with Gasteiger partial charge in [-0.3, -0.25) is 0 Å². The summed E-state index contributed by atoms with van der Waals surface area (Å²) in [6.45, 7) is 3.39. The zero-order chi connectivity index (χ0) is 15.3. The van der Waals surface area contributed by atoms with Crippen molar-refractivity contribution in [2.75, 3.05) is 6.54 Å². The lowest BCUT2D eigenvalue weighted by Gasteiger charge is -2.02. The van der Waals surface area contributed by atoms with Crippen molar-refractivity contribution in [3.63, 3.8) is 0 Å². The van der Waals surface area contributed by atoms with E-state index in [1.165, 1.54) is 12.3 Å². The standard InChI is InChI=1S/C12H16BrN3O4S/c1-2-4-14-7-10-6-11(12(13)19-10)21(17,18)16-8-9-3-5-15-20-9/h3,5-6,14,16H,2,4,7-8H2,1H3. The molecule has 2 aromatic rings. The first-order chi connectivity index (χ1) is 10.0. The average molecular weight is 378 g/mol. The van der Waals surface area contributed by atoms with Gasteiger partial charge < -0.3 is 14.3 Å². The lowest BCUT2D eigenvalue weighted by Crippen LogP contribution is -2.23. The van der Waals surface area contributed by atoms with Crippen molar-refractivity contribution in [3.05, 3.63) is 34.5 Å². The van der Waals surface area contributed by atoms with Gasteiger partial charge in [-0.2, -0.15) is 0 Å². The summed E-state index contributed by atoms with van der Waals surface area (Å²) in [5.74, 6) is 0.985. The summed E-state index contributed by atoms with van der Waals surface area (Å²) < 4.78 is 37.3. The highest BCUT2D eigenvalue weighted by atomic mass is 79.9. The van der Waals surface area contributed by atoms with Crippen molar-refractivity contribution >= 4 is 26.0 Å². The van der Waals surface area contributed by atoms with Gasteiger partial charge in [0.05, 0.1) is 19.3 Å². The summed E-state index contributed by atoms with van der Waals surface area (Å²) in [7, 11) is -3.68. The quantitative estimate of drug-likeness (QED) is 0.682. The molecule has 0 spiro atoms. The normalized spacial score (nSPS) is 11.9. The van der Waals surface area contributed by atoms with Crippen molar-refractivity contribution in [1.82, 2.24) is 15.2 Å². The molecule has 0 aliphatic heterocycles. The van der Waals surface area contributed by atoms with Gasteiger partial charge in [-0.05, 0) is 28.9 Å². The Morgan fingerprint density at radius 3 is 2.81 bits per heavy atom. The molecule has 2 N–H and O–H groups in total. The van der Waals surface area contributed by atoms with E-state index in [0.717, 1.165) is 13.0 Å². The molecule has 2 rings (SSSR count). The Hall–Kier alpha value is -1.16. The van der Waals surface area contributed by atoms with Gasteiger partial charge >= 0.3 is 0 Å². The first-order valence-corrected chi connectivity index (χ1v) is 8.68. The minimum atomic E-state index is -3.68. The molecule has 0 saturated carbocycles. The molecular formula is C12H16BrN3O4S. The number of nitrogens with zero attached hydrogens (tertiary/aromatic N) is 1. The molecule has 0 atom stereocenters. The Morgan fingerprint density at radius 1 is 1.33 bits per heavy atom. The fourth-order valence-electron chi connectivity index (χ4n) is 1.63. The van der Waals surface area contributed by atoms with Crippen molar-refractivity contribution in [1.29, 1.82) is 0 Å². The molecule has 116 valence electrons. The summed E-state index contributed by atoms with van der Waals surface area (Å²) in [6.07, 6.45) is 2.45. The van der Waals surface area contributed by atoms with Crippen LogP contribution in [-0.4, -0.2) is 20.1 Å². The second-order valence-electron chi connectivity index (χ2n) is 4.33. The molecule has 9 heteroatoms. The largest absolute Gasteiger partial charge is 0.452 e. The Morgan fingerprint density at radius 2 is 2.14 bits per heavy atom. The Kier molecular flexibility index (Phi) is 5.57. The third-order valence-electron chi connectivity index (χ3n) is 2.65. The summed E-state index contributed by atoms with van der Waals surface area (Å²) in [6, 6.07) is 3.09. The highest BCUT2D eigenvalue weighted by molar-refractivity contribution is 9.10. The van der Waals surface area contributed by atoms with Gasteiger partial charge in [-0.1, -0.05) is 12.1 Å². The molecule has 2 aromatic heterocycles. The molecule has 0 aliphatic carbocycles. The van der Waals surface area contributed by atoms with Gasteiger partial charge in [-0.15, -0.1) is 0 Å². The third kappa shape index (κ3) is 4.40. The van der Waals surface area contributed by atoms with E-state index in [1.54, 1.807) is 6.07 Å². The molecular weight excluding hydrogens is 362 g/mol. The van der Waals surface area contributed by atoms with E-state index >= 15 is 0 Å². The Labute approximate surface area is 131 Å². The number of rotatable bonds is 8. The fraction of sp³-hybridized carbons (Fsp3) is 0.417. The fourth-order valence-corrected chi connectivity index (χ4v) is 3.62. The first-order valence-electron chi connectivity index (χ1n) is 6.41. The summed E-state index contributed by atoms with van der Waals surface area (Å²) in [4.78, 5) is 0.0651. The number of hydrogen-bond acceptors (Lipinski definition) is 6. The van der Waals surface area contributed by atoms with E-state index < -0.39 is 10.0 Å². The van der Waals surface area contributed by atoms with Crippen LogP contribution in [0.15, 0.2) is 36.8 Å². The van der Waals surface area contributed by atoms with Crippen LogP contribution in [0.25, 0.3) is 0 Å². The second-order valence-corrected chi connectivity index (χ2v) is 6.79. The smallest absolute Gasteiger partial charge is 0.245 e. The van der Waals surface area contributed by atoms with E-state index in [9.17, 15) is 8.42 Å². The second kappa shape index (κ2) is 7.21. The van der Waals surface area contributed by atoms with Gasteiger partial charge in [-0.25, -0.2) is 13.1 Å². The van der Waals surface area contributed by atoms with Gasteiger partial charge in [0.25, 0.3) is 0 Å². The van der Waals surface area contributed by atoms with Gasteiger partial charge in [0.1, 0.15) is 10.7 Å². The van der Waals surface area contributed by atoms with Crippen molar-refractivity contribution in [2.45, 2.75) is 31.3 Å². The number of hydrogen-bond donors (Lipinski definition) is 2. The van der Waals surface area contributed by atoms with Crippen LogP contribution in [0.5, 0.6) is 0 Å². The predicted molar refractivity (Wildman–Crippen MR) is 78.9 cm³/mol. The summed E-state index contributed by atoms with van der Waals surface area (Å²) >= 11 is 3.13. The van der Waals surface area contributed by atoms with E-state index in [-0.39, 0.29) is 16.1 Å². The molecule has 0 amide bonds. The SMILES string of the molecule is CCCNCc1cc(S(=O)(=O)NCc2ccno2)c(Br)o1. The van der Waals surface area contributed by atoms with E-state index in [0.29, 0.717) is 18.1 Å². The van der Waals surface area contributed by atoms with Crippen LogP contribution >= 0.6 is 15.9 Å². The minimum absolute atomic E-state index is 0.0311. The molecule has 2 heterocycles. The molecule has 0 radical (unpaired) electrons. The number of nitrogens with one attached hydrogen (secondary N) is 2. The maximum Gasteiger partial charge on any atom is 0.245 e. The zero-order valence-corrected chi connectivity index (χ0v) is 13.8. The maximum absolute atomic E-state index is 12.2. The molecule has 0 fully saturated rings. The minimum Gasteiger partial charge on any atom is -0.452 e. The molecule has 0 bridgehead atoms. The van der Waals surface area contributed by atoms with Crippen LogP contribution in [0.2, 0.25) is 0 Å². The summed E-state index contributed by atoms with van der Waals surface area (Å²) in [5, 5.41) is 6.66. The molecule has 0 aliphatic rings. The van der Waals surface area contributed by atoms with Crippen LogP contribution in [-0.2, 0) is 23.1 Å². The van der Waals surface area contributed by atoms with Crippen LogP contribution in [0.4, 0.5) is 0 Å². The van der Waals surface area contributed by atoms with Crippen LogP contribution in [0.3, 0.4) is 0 Å². The van der Waals surface area contributed by atoms with E-state index in [4.69, 9.17) is 8.94 Å². The highest BCUT2D eigenvalue weighted by Gasteiger charge is 2.22. The highest BCUT2D eigenvalue weighted by Crippen LogP contribution is 2.26. The predicted octanol–water partition coefficient (Wildman–Crippen LogP) is 2.01. The Balaban J connectivity index is 2.05. The van der Waals surface area contributed by atoms with Crippen LogP contribution < -0.4 is 10.0 Å². The maximum atomic E-state index is 12.2. The topological polar surface area (TPSA) is 97.4 Å².